The van der Waals surface area contributed by atoms with E-state index in [2.05, 4.69) is 12.2 Å². The van der Waals surface area contributed by atoms with E-state index in [1.165, 1.54) is 6.07 Å². The van der Waals surface area contributed by atoms with E-state index < -0.39 is 0 Å². The van der Waals surface area contributed by atoms with Crippen LogP contribution in [0.5, 0.6) is 5.75 Å². The van der Waals surface area contributed by atoms with Gasteiger partial charge >= 0.3 is 0 Å². The number of rotatable bonds is 6. The standard InChI is InChI=1S/C15H17ClFNOS/c1-3-7-18-14(15-13(19-2)6-8-20-15)11-5-4-10(16)9-12(11)17/h4-6,8-9,14,18H,3,7H2,1-2H3. The van der Waals surface area contributed by atoms with Crippen LogP contribution in [-0.4, -0.2) is 13.7 Å². The second-order valence-corrected chi connectivity index (χ2v) is 5.79. The molecule has 1 N–H and O–H groups in total. The fourth-order valence-electron chi connectivity index (χ4n) is 2.06. The van der Waals surface area contributed by atoms with Gasteiger partial charge in [0.25, 0.3) is 0 Å². The quantitative estimate of drug-likeness (QED) is 0.839. The summed E-state index contributed by atoms with van der Waals surface area (Å²) in [5.74, 6) is 0.472. The zero-order chi connectivity index (χ0) is 14.5. The van der Waals surface area contributed by atoms with Gasteiger partial charge in [-0.2, -0.15) is 0 Å². The lowest BCUT2D eigenvalue weighted by Gasteiger charge is -2.19. The molecule has 1 aromatic heterocycles. The molecule has 2 nitrogen and oxygen atoms in total. The number of hydrogen-bond donors (Lipinski definition) is 1. The summed E-state index contributed by atoms with van der Waals surface area (Å²) in [6.07, 6.45) is 0.972. The second kappa shape index (κ2) is 7.07. The Morgan fingerprint density at radius 3 is 2.85 bits per heavy atom. The number of benzene rings is 1. The molecule has 2 rings (SSSR count). The minimum Gasteiger partial charge on any atom is -0.496 e. The summed E-state index contributed by atoms with van der Waals surface area (Å²) >= 11 is 7.38. The average molecular weight is 314 g/mol. The summed E-state index contributed by atoms with van der Waals surface area (Å²) in [5.41, 5.74) is 0.587. The molecule has 0 aliphatic rings. The summed E-state index contributed by atoms with van der Waals surface area (Å²) in [7, 11) is 1.63. The highest BCUT2D eigenvalue weighted by Gasteiger charge is 2.22. The molecule has 0 saturated heterocycles. The Bertz CT molecular complexity index is 573. The average Bonchev–Trinajstić information content (AvgIpc) is 2.89. The number of halogens is 2. The Labute approximate surface area is 127 Å². The first-order valence-electron chi connectivity index (χ1n) is 6.47. The second-order valence-electron chi connectivity index (χ2n) is 4.41. The van der Waals surface area contributed by atoms with E-state index >= 15 is 0 Å². The summed E-state index contributed by atoms with van der Waals surface area (Å²) < 4.78 is 19.5. The van der Waals surface area contributed by atoms with E-state index in [-0.39, 0.29) is 11.9 Å². The van der Waals surface area contributed by atoms with Crippen molar-refractivity contribution in [2.75, 3.05) is 13.7 Å². The summed E-state index contributed by atoms with van der Waals surface area (Å²) in [6, 6.07) is 6.46. The first-order valence-corrected chi connectivity index (χ1v) is 7.72. The summed E-state index contributed by atoms with van der Waals surface area (Å²) in [6.45, 7) is 2.88. The van der Waals surface area contributed by atoms with Crippen molar-refractivity contribution in [3.05, 3.63) is 50.9 Å². The fraction of sp³-hybridized carbons (Fsp3) is 0.333. The highest BCUT2D eigenvalue weighted by Crippen LogP contribution is 2.36. The van der Waals surface area contributed by atoms with Crippen molar-refractivity contribution in [2.24, 2.45) is 0 Å². The van der Waals surface area contributed by atoms with Gasteiger partial charge in [0, 0.05) is 10.6 Å². The first-order chi connectivity index (χ1) is 9.67. The van der Waals surface area contributed by atoms with Gasteiger partial charge in [-0.05, 0) is 36.5 Å². The Hall–Kier alpha value is -1.10. The highest BCUT2D eigenvalue weighted by atomic mass is 35.5. The highest BCUT2D eigenvalue weighted by molar-refractivity contribution is 7.10. The minimum atomic E-state index is -0.304. The molecule has 0 aliphatic carbocycles. The molecule has 1 atom stereocenters. The third-order valence-corrected chi connectivity index (χ3v) is 4.21. The van der Waals surface area contributed by atoms with Crippen molar-refractivity contribution in [2.45, 2.75) is 19.4 Å². The van der Waals surface area contributed by atoms with Crippen LogP contribution >= 0.6 is 22.9 Å². The molecule has 1 aromatic carbocycles. The Morgan fingerprint density at radius 1 is 1.40 bits per heavy atom. The van der Waals surface area contributed by atoms with Gasteiger partial charge in [-0.3, -0.25) is 0 Å². The number of nitrogens with one attached hydrogen (secondary N) is 1. The Morgan fingerprint density at radius 2 is 2.20 bits per heavy atom. The number of thiophene rings is 1. The number of methoxy groups -OCH3 is 1. The van der Waals surface area contributed by atoms with Gasteiger partial charge in [-0.25, -0.2) is 4.39 Å². The Kier molecular flexibility index (Phi) is 5.40. The normalized spacial score (nSPS) is 12.4. The lowest BCUT2D eigenvalue weighted by atomic mass is 10.0. The Balaban J connectivity index is 2.41. The van der Waals surface area contributed by atoms with Crippen LogP contribution in [-0.2, 0) is 0 Å². The van der Waals surface area contributed by atoms with Crippen LogP contribution in [0.15, 0.2) is 29.6 Å². The molecule has 0 radical (unpaired) electrons. The van der Waals surface area contributed by atoms with Gasteiger partial charge in [-0.15, -0.1) is 11.3 Å². The van der Waals surface area contributed by atoms with Crippen molar-refractivity contribution in [3.63, 3.8) is 0 Å². The molecule has 1 heterocycles. The van der Waals surface area contributed by atoms with Crippen LogP contribution in [0.25, 0.3) is 0 Å². The van der Waals surface area contributed by atoms with Crippen LogP contribution in [0.4, 0.5) is 4.39 Å². The predicted molar refractivity (Wildman–Crippen MR) is 82.4 cm³/mol. The molecule has 5 heteroatoms. The molecule has 0 aliphatic heterocycles. The van der Waals surface area contributed by atoms with Crippen molar-refractivity contribution in [1.29, 1.82) is 0 Å². The minimum absolute atomic E-state index is 0.220. The molecule has 2 aromatic rings. The van der Waals surface area contributed by atoms with Crippen LogP contribution in [0.3, 0.4) is 0 Å². The van der Waals surface area contributed by atoms with Gasteiger partial charge in [0.05, 0.1) is 18.0 Å². The zero-order valence-electron chi connectivity index (χ0n) is 11.5. The van der Waals surface area contributed by atoms with E-state index in [9.17, 15) is 4.39 Å². The van der Waals surface area contributed by atoms with E-state index in [1.807, 2.05) is 11.4 Å². The maximum atomic E-state index is 14.2. The SMILES string of the molecule is CCCNC(c1ccc(Cl)cc1F)c1sccc1OC. The van der Waals surface area contributed by atoms with Crippen LogP contribution in [0.1, 0.15) is 29.8 Å². The fourth-order valence-corrected chi connectivity index (χ4v) is 3.17. The van der Waals surface area contributed by atoms with E-state index in [4.69, 9.17) is 16.3 Å². The molecule has 0 bridgehead atoms. The van der Waals surface area contributed by atoms with Gasteiger partial charge in [0.1, 0.15) is 11.6 Å². The van der Waals surface area contributed by atoms with Crippen LogP contribution in [0, 0.1) is 5.82 Å². The number of ether oxygens (including phenoxy) is 1. The van der Waals surface area contributed by atoms with E-state index in [0.717, 1.165) is 23.6 Å². The van der Waals surface area contributed by atoms with Gasteiger partial charge in [0.2, 0.25) is 0 Å². The molecule has 0 amide bonds. The van der Waals surface area contributed by atoms with E-state index in [1.54, 1.807) is 30.6 Å². The maximum Gasteiger partial charge on any atom is 0.134 e. The monoisotopic (exact) mass is 313 g/mol. The molecule has 0 fully saturated rings. The zero-order valence-corrected chi connectivity index (χ0v) is 13.0. The van der Waals surface area contributed by atoms with Gasteiger partial charge in [0.15, 0.2) is 0 Å². The molecule has 108 valence electrons. The maximum absolute atomic E-state index is 14.2. The molecule has 0 saturated carbocycles. The summed E-state index contributed by atoms with van der Waals surface area (Å²) in [4.78, 5) is 0.974. The lowest BCUT2D eigenvalue weighted by molar-refractivity contribution is 0.406. The smallest absolute Gasteiger partial charge is 0.134 e. The largest absolute Gasteiger partial charge is 0.496 e. The van der Waals surface area contributed by atoms with Crippen molar-refractivity contribution >= 4 is 22.9 Å². The summed E-state index contributed by atoms with van der Waals surface area (Å²) in [5, 5.41) is 5.72. The van der Waals surface area contributed by atoms with Crippen LogP contribution in [0.2, 0.25) is 5.02 Å². The molecule has 0 spiro atoms. The lowest BCUT2D eigenvalue weighted by Crippen LogP contribution is -2.23. The van der Waals surface area contributed by atoms with Crippen molar-refractivity contribution < 1.29 is 9.13 Å². The third-order valence-electron chi connectivity index (χ3n) is 3.01. The van der Waals surface area contributed by atoms with Gasteiger partial charge < -0.3 is 10.1 Å². The van der Waals surface area contributed by atoms with Crippen molar-refractivity contribution in [1.82, 2.24) is 5.32 Å². The van der Waals surface area contributed by atoms with Crippen molar-refractivity contribution in [3.8, 4) is 5.75 Å². The first kappa shape index (κ1) is 15.3. The number of hydrogen-bond acceptors (Lipinski definition) is 3. The molecular weight excluding hydrogens is 297 g/mol. The molecule has 1 unspecified atom stereocenters. The third kappa shape index (κ3) is 3.32. The van der Waals surface area contributed by atoms with E-state index in [0.29, 0.717) is 10.6 Å². The van der Waals surface area contributed by atoms with Crippen LogP contribution < -0.4 is 10.1 Å². The molecule has 20 heavy (non-hydrogen) atoms. The predicted octanol–water partition coefficient (Wildman–Crippen LogP) is 4.64. The van der Waals surface area contributed by atoms with Gasteiger partial charge in [-0.1, -0.05) is 24.6 Å². The molecular formula is C15H17ClFNOS. The topological polar surface area (TPSA) is 21.3 Å².